The fraction of sp³-hybridized carbons (Fsp3) is 0.571. The van der Waals surface area contributed by atoms with Crippen LogP contribution in [-0.2, 0) is 5.88 Å². The van der Waals surface area contributed by atoms with Gasteiger partial charge < -0.3 is 9.47 Å². The van der Waals surface area contributed by atoms with Gasteiger partial charge in [0.1, 0.15) is 0 Å². The number of hydrogen-bond donors (Lipinski definition) is 0. The Labute approximate surface area is 122 Å². The summed E-state index contributed by atoms with van der Waals surface area (Å²) in [5, 5.41) is 0. The molecule has 0 unspecified atom stereocenters. The van der Waals surface area contributed by atoms with E-state index in [2.05, 4.69) is 15.9 Å². The average molecular weight is 334 g/mol. The Morgan fingerprint density at radius 1 is 1.33 bits per heavy atom. The highest BCUT2D eigenvalue weighted by molar-refractivity contribution is 9.10. The third kappa shape index (κ3) is 3.33. The molecule has 1 aliphatic rings. The van der Waals surface area contributed by atoms with Crippen LogP contribution in [0.5, 0.6) is 11.5 Å². The molecule has 2 rings (SSSR count). The standard InChI is InChI=1S/C14H18BrClO2/c1-2-17-13-7-11(8-16)6-12(15)14(13)18-9-10-4-3-5-10/h6-7,10H,2-5,8-9H2,1H3. The second-order valence-electron chi connectivity index (χ2n) is 4.58. The summed E-state index contributed by atoms with van der Waals surface area (Å²) in [6.45, 7) is 3.37. The molecule has 0 heterocycles. The van der Waals surface area contributed by atoms with Crippen molar-refractivity contribution in [3.63, 3.8) is 0 Å². The molecular weight excluding hydrogens is 316 g/mol. The molecule has 0 spiro atoms. The van der Waals surface area contributed by atoms with Gasteiger partial charge in [-0.25, -0.2) is 0 Å². The van der Waals surface area contributed by atoms with E-state index in [-0.39, 0.29) is 0 Å². The predicted octanol–water partition coefficient (Wildman–Crippen LogP) is 4.77. The summed E-state index contributed by atoms with van der Waals surface area (Å²) < 4.78 is 12.5. The molecule has 0 aromatic heterocycles. The second kappa shape index (κ2) is 6.67. The molecule has 1 aromatic carbocycles. The van der Waals surface area contributed by atoms with Gasteiger partial charge in [-0.15, -0.1) is 11.6 Å². The van der Waals surface area contributed by atoms with Crippen LogP contribution in [0, 0.1) is 5.92 Å². The smallest absolute Gasteiger partial charge is 0.175 e. The molecule has 0 amide bonds. The van der Waals surface area contributed by atoms with Gasteiger partial charge in [0.25, 0.3) is 0 Å². The minimum Gasteiger partial charge on any atom is -0.490 e. The molecule has 0 atom stereocenters. The molecule has 100 valence electrons. The second-order valence-corrected chi connectivity index (χ2v) is 5.70. The predicted molar refractivity (Wildman–Crippen MR) is 77.7 cm³/mol. The molecule has 18 heavy (non-hydrogen) atoms. The van der Waals surface area contributed by atoms with Gasteiger partial charge in [0.15, 0.2) is 11.5 Å². The summed E-state index contributed by atoms with van der Waals surface area (Å²) in [6, 6.07) is 3.95. The van der Waals surface area contributed by atoms with Crippen molar-refractivity contribution < 1.29 is 9.47 Å². The third-order valence-corrected chi connectivity index (χ3v) is 4.11. The molecule has 1 aromatic rings. The first-order valence-corrected chi connectivity index (χ1v) is 7.71. The van der Waals surface area contributed by atoms with Gasteiger partial charge in [-0.1, -0.05) is 6.42 Å². The maximum Gasteiger partial charge on any atom is 0.175 e. The van der Waals surface area contributed by atoms with Crippen LogP contribution >= 0.6 is 27.5 Å². The third-order valence-electron chi connectivity index (χ3n) is 3.21. The summed E-state index contributed by atoms with van der Waals surface area (Å²) in [4.78, 5) is 0. The number of benzene rings is 1. The van der Waals surface area contributed by atoms with Crippen LogP contribution in [0.3, 0.4) is 0 Å². The van der Waals surface area contributed by atoms with Gasteiger partial charge in [-0.2, -0.15) is 0 Å². The first-order valence-electron chi connectivity index (χ1n) is 6.38. The van der Waals surface area contributed by atoms with E-state index < -0.39 is 0 Å². The lowest BCUT2D eigenvalue weighted by Crippen LogP contribution is -2.19. The first-order chi connectivity index (χ1) is 8.74. The number of ether oxygens (including phenoxy) is 2. The number of alkyl halides is 1. The van der Waals surface area contributed by atoms with E-state index in [1.54, 1.807) is 0 Å². The van der Waals surface area contributed by atoms with Gasteiger partial charge in [0.2, 0.25) is 0 Å². The Balaban J connectivity index is 2.13. The quantitative estimate of drug-likeness (QED) is 0.698. The molecule has 0 saturated heterocycles. The highest BCUT2D eigenvalue weighted by atomic mass is 79.9. The SMILES string of the molecule is CCOc1cc(CCl)cc(Br)c1OCC1CCC1. The van der Waals surface area contributed by atoms with Gasteiger partial charge in [-0.05, 0) is 59.3 Å². The molecule has 0 radical (unpaired) electrons. The Hall–Kier alpha value is -0.410. The van der Waals surface area contributed by atoms with Crippen LogP contribution < -0.4 is 9.47 Å². The van der Waals surface area contributed by atoms with Gasteiger partial charge in [0.05, 0.1) is 17.7 Å². The fourth-order valence-corrected chi connectivity index (χ4v) is 2.72. The lowest BCUT2D eigenvalue weighted by atomic mass is 9.86. The first kappa shape index (κ1) is 14.0. The zero-order valence-electron chi connectivity index (χ0n) is 10.5. The van der Waals surface area contributed by atoms with E-state index in [1.807, 2.05) is 19.1 Å². The molecule has 1 saturated carbocycles. The maximum absolute atomic E-state index is 5.91. The molecule has 0 N–H and O–H groups in total. The normalized spacial score (nSPS) is 15.3. The Morgan fingerprint density at radius 2 is 2.11 bits per heavy atom. The molecule has 2 nitrogen and oxygen atoms in total. The van der Waals surface area contributed by atoms with Crippen LogP contribution in [0.25, 0.3) is 0 Å². The number of rotatable bonds is 6. The van der Waals surface area contributed by atoms with Crippen molar-refractivity contribution >= 4 is 27.5 Å². The van der Waals surface area contributed by atoms with E-state index in [9.17, 15) is 0 Å². The Kier molecular flexibility index (Phi) is 5.19. The van der Waals surface area contributed by atoms with Crippen molar-refractivity contribution in [2.24, 2.45) is 5.92 Å². The molecule has 1 fully saturated rings. The summed E-state index contributed by atoms with van der Waals surface area (Å²) >= 11 is 9.40. The van der Waals surface area contributed by atoms with Crippen LogP contribution in [0.4, 0.5) is 0 Å². The molecular formula is C14H18BrClO2. The summed E-state index contributed by atoms with van der Waals surface area (Å²) in [7, 11) is 0. The van der Waals surface area contributed by atoms with Gasteiger partial charge in [-0.3, -0.25) is 0 Å². The Morgan fingerprint density at radius 3 is 2.67 bits per heavy atom. The van der Waals surface area contributed by atoms with Crippen LogP contribution in [0.2, 0.25) is 0 Å². The molecule has 4 heteroatoms. The topological polar surface area (TPSA) is 18.5 Å². The van der Waals surface area contributed by atoms with Crippen molar-refractivity contribution in [2.45, 2.75) is 32.1 Å². The summed E-state index contributed by atoms with van der Waals surface area (Å²) in [5.74, 6) is 2.76. The summed E-state index contributed by atoms with van der Waals surface area (Å²) in [5.41, 5.74) is 1.03. The van der Waals surface area contributed by atoms with E-state index in [0.29, 0.717) is 18.4 Å². The van der Waals surface area contributed by atoms with Crippen molar-refractivity contribution in [2.75, 3.05) is 13.2 Å². The highest BCUT2D eigenvalue weighted by Gasteiger charge is 2.20. The monoisotopic (exact) mass is 332 g/mol. The number of halogens is 2. The largest absolute Gasteiger partial charge is 0.490 e. The van der Waals surface area contributed by atoms with Crippen LogP contribution in [-0.4, -0.2) is 13.2 Å². The number of hydrogen-bond acceptors (Lipinski definition) is 2. The molecule has 0 bridgehead atoms. The zero-order chi connectivity index (χ0) is 13.0. The van der Waals surface area contributed by atoms with Crippen molar-refractivity contribution in [1.82, 2.24) is 0 Å². The van der Waals surface area contributed by atoms with Crippen molar-refractivity contribution in [1.29, 1.82) is 0 Å². The average Bonchev–Trinajstić information content (AvgIpc) is 2.30. The molecule has 0 aliphatic heterocycles. The van der Waals surface area contributed by atoms with Crippen molar-refractivity contribution in [3.8, 4) is 11.5 Å². The van der Waals surface area contributed by atoms with Crippen LogP contribution in [0.1, 0.15) is 31.7 Å². The van der Waals surface area contributed by atoms with Crippen LogP contribution in [0.15, 0.2) is 16.6 Å². The minimum atomic E-state index is 0.474. The van der Waals surface area contributed by atoms with E-state index >= 15 is 0 Å². The fourth-order valence-electron chi connectivity index (χ4n) is 1.96. The van der Waals surface area contributed by atoms with Gasteiger partial charge >= 0.3 is 0 Å². The summed E-state index contributed by atoms with van der Waals surface area (Å²) in [6.07, 6.45) is 3.89. The van der Waals surface area contributed by atoms with E-state index in [0.717, 1.165) is 28.1 Å². The minimum absolute atomic E-state index is 0.474. The maximum atomic E-state index is 5.91. The highest BCUT2D eigenvalue weighted by Crippen LogP contribution is 2.38. The zero-order valence-corrected chi connectivity index (χ0v) is 12.9. The van der Waals surface area contributed by atoms with Crippen molar-refractivity contribution in [3.05, 3.63) is 22.2 Å². The van der Waals surface area contributed by atoms with Gasteiger partial charge in [0, 0.05) is 5.88 Å². The van der Waals surface area contributed by atoms with E-state index in [4.69, 9.17) is 21.1 Å². The molecule has 1 aliphatic carbocycles. The van der Waals surface area contributed by atoms with E-state index in [1.165, 1.54) is 19.3 Å². The Bertz CT molecular complexity index is 405. The lowest BCUT2D eigenvalue weighted by Gasteiger charge is -2.26. The lowest BCUT2D eigenvalue weighted by molar-refractivity contribution is 0.173.